The number of phenols is 1. The van der Waals surface area contributed by atoms with Crippen molar-refractivity contribution in [2.24, 2.45) is 17.6 Å². The Morgan fingerprint density at radius 1 is 1.16 bits per heavy atom. The molecule has 0 spiro atoms. The van der Waals surface area contributed by atoms with Gasteiger partial charge in [-0.3, -0.25) is 24.3 Å². The molecule has 1 heterocycles. The fraction of sp³-hybridized carbons (Fsp3) is 0.286. The minimum atomic E-state index is -2.67. The molecule has 1 aromatic carbocycles. The van der Waals surface area contributed by atoms with Gasteiger partial charge in [-0.05, 0) is 62.7 Å². The quantitative estimate of drug-likeness (QED) is 0.286. The van der Waals surface area contributed by atoms with Crippen LogP contribution in [0.3, 0.4) is 0 Å². The fourth-order valence-corrected chi connectivity index (χ4v) is 5.94. The second kappa shape index (κ2) is 8.83. The molecule has 194 valence electrons. The molecule has 1 fully saturated rings. The highest BCUT2D eigenvalue weighted by Crippen LogP contribution is 2.52. The molecule has 3 aliphatic rings. The molecule has 1 amide bonds. The summed E-state index contributed by atoms with van der Waals surface area (Å²) in [5.41, 5.74) is 3.30. The van der Waals surface area contributed by atoms with Crippen molar-refractivity contribution in [1.82, 2.24) is 9.88 Å². The van der Waals surface area contributed by atoms with Crippen LogP contribution in [0.25, 0.3) is 5.76 Å². The molecule has 0 radical (unpaired) electrons. The van der Waals surface area contributed by atoms with Crippen molar-refractivity contribution in [3.63, 3.8) is 0 Å². The molecular formula is C28H25N3O7. The number of fused-ring (bicyclic) bond motifs is 3. The zero-order valence-corrected chi connectivity index (χ0v) is 20.6. The van der Waals surface area contributed by atoms with E-state index in [4.69, 9.17) is 5.73 Å². The Morgan fingerprint density at radius 3 is 2.53 bits per heavy atom. The van der Waals surface area contributed by atoms with E-state index in [1.807, 2.05) is 0 Å². The number of aliphatic hydroxyl groups excluding tert-OH is 2. The molecule has 0 saturated heterocycles. The third-order valence-corrected chi connectivity index (χ3v) is 7.61. The highest BCUT2D eigenvalue weighted by molar-refractivity contribution is 6.24. The van der Waals surface area contributed by atoms with Crippen LogP contribution < -0.4 is 5.73 Å². The number of pyridine rings is 1. The van der Waals surface area contributed by atoms with Gasteiger partial charge in [-0.25, -0.2) is 0 Å². The first-order chi connectivity index (χ1) is 18.0. The molecular weight excluding hydrogens is 490 g/mol. The summed E-state index contributed by atoms with van der Waals surface area (Å²) < 4.78 is 0. The number of Topliss-reactive ketones (excluding diaryl/α,β-unsaturated/α-hetero) is 2. The maximum atomic E-state index is 13.8. The molecule has 10 nitrogen and oxygen atoms in total. The standard InChI is InChI=1S/C28H25N3O7/c1-31(2)22-17-11-15-10-16-14(6-5-13-4-3-9-30-12-13)7-8-18(32)20(16)23(33)19(15)25(35)28(17,38)26(36)21(24(22)34)27(29)37/h3-4,7-9,12,15,17,22,32-33,36,38H,10-11H2,1-2H3,(H2,29,37)/t15-,17-,22-,28+/m1/s1. The first-order valence-corrected chi connectivity index (χ1v) is 11.9. The minimum absolute atomic E-state index is 0.000670. The average molecular weight is 516 g/mol. The third-order valence-electron chi connectivity index (χ3n) is 7.61. The summed E-state index contributed by atoms with van der Waals surface area (Å²) in [6.07, 6.45) is 3.39. The van der Waals surface area contributed by atoms with Gasteiger partial charge in [-0.15, -0.1) is 0 Å². The van der Waals surface area contributed by atoms with Gasteiger partial charge in [0.05, 0.1) is 11.6 Å². The number of aromatic nitrogens is 1. The summed E-state index contributed by atoms with van der Waals surface area (Å²) in [7, 11) is 3.11. The zero-order valence-electron chi connectivity index (χ0n) is 20.6. The minimum Gasteiger partial charge on any atom is -0.508 e. The first kappa shape index (κ1) is 25.2. The van der Waals surface area contributed by atoms with Crippen LogP contribution in [0.4, 0.5) is 0 Å². The summed E-state index contributed by atoms with van der Waals surface area (Å²) in [6, 6.07) is 5.34. The van der Waals surface area contributed by atoms with Crippen LogP contribution >= 0.6 is 0 Å². The smallest absolute Gasteiger partial charge is 0.255 e. The van der Waals surface area contributed by atoms with Crippen molar-refractivity contribution in [3.8, 4) is 17.6 Å². The maximum absolute atomic E-state index is 13.8. The Labute approximate surface area is 217 Å². The molecule has 6 N–H and O–H groups in total. The molecule has 1 aromatic heterocycles. The van der Waals surface area contributed by atoms with Gasteiger partial charge in [0.2, 0.25) is 5.78 Å². The molecule has 5 rings (SSSR count). The Hall–Kier alpha value is -4.46. The summed E-state index contributed by atoms with van der Waals surface area (Å²) in [6.45, 7) is 0. The number of carbonyl (C=O) groups excluding carboxylic acids is 3. The first-order valence-electron chi connectivity index (χ1n) is 11.9. The van der Waals surface area contributed by atoms with Crippen molar-refractivity contribution in [2.45, 2.75) is 24.5 Å². The number of nitrogens with zero attached hydrogens (tertiary/aromatic N) is 2. The molecule has 2 aromatic rings. The van der Waals surface area contributed by atoms with Gasteiger partial charge in [0.1, 0.15) is 22.8 Å². The number of aromatic hydroxyl groups is 1. The van der Waals surface area contributed by atoms with Crippen LogP contribution in [0.2, 0.25) is 0 Å². The van der Waals surface area contributed by atoms with Crippen LogP contribution in [0, 0.1) is 23.7 Å². The summed E-state index contributed by atoms with van der Waals surface area (Å²) in [5, 5.41) is 44.4. The number of ketones is 2. The lowest BCUT2D eigenvalue weighted by molar-refractivity contribution is -0.153. The molecule has 38 heavy (non-hydrogen) atoms. The number of rotatable bonds is 2. The van der Waals surface area contributed by atoms with E-state index in [0.717, 1.165) is 0 Å². The van der Waals surface area contributed by atoms with E-state index in [1.54, 1.807) is 44.7 Å². The number of likely N-dealkylation sites (N-methyl/N-ethyl adjacent to an activating group) is 1. The number of amides is 1. The topological polar surface area (TPSA) is 174 Å². The largest absolute Gasteiger partial charge is 0.508 e. The van der Waals surface area contributed by atoms with E-state index >= 15 is 0 Å². The number of benzene rings is 1. The van der Waals surface area contributed by atoms with Crippen molar-refractivity contribution < 1.29 is 34.8 Å². The lowest BCUT2D eigenvalue weighted by Crippen LogP contribution is -2.65. The average Bonchev–Trinajstić information content (AvgIpc) is 2.86. The molecule has 0 unspecified atom stereocenters. The number of carbonyl (C=O) groups is 3. The number of nitrogens with two attached hydrogens (primary N) is 1. The lowest BCUT2D eigenvalue weighted by Gasteiger charge is -2.50. The van der Waals surface area contributed by atoms with Gasteiger partial charge < -0.3 is 26.2 Å². The number of hydrogen-bond acceptors (Lipinski definition) is 9. The number of phenolic OH excluding ortho intramolecular Hbond substituents is 1. The van der Waals surface area contributed by atoms with Crippen LogP contribution in [0.5, 0.6) is 5.75 Å². The van der Waals surface area contributed by atoms with Gasteiger partial charge in [0.25, 0.3) is 5.91 Å². The Morgan fingerprint density at radius 2 is 1.89 bits per heavy atom. The third kappa shape index (κ3) is 3.51. The monoisotopic (exact) mass is 515 g/mol. The molecule has 3 aliphatic carbocycles. The van der Waals surface area contributed by atoms with E-state index in [0.29, 0.717) is 16.7 Å². The maximum Gasteiger partial charge on any atom is 0.255 e. The molecule has 4 atom stereocenters. The number of aliphatic hydroxyl groups is 3. The van der Waals surface area contributed by atoms with Gasteiger partial charge in [0, 0.05) is 35.0 Å². The normalized spacial score (nSPS) is 26.4. The summed E-state index contributed by atoms with van der Waals surface area (Å²) in [4.78, 5) is 44.5. The van der Waals surface area contributed by atoms with E-state index in [9.17, 15) is 34.8 Å². The van der Waals surface area contributed by atoms with E-state index in [1.165, 1.54) is 11.0 Å². The van der Waals surface area contributed by atoms with Crippen molar-refractivity contribution in [2.75, 3.05) is 14.1 Å². The van der Waals surface area contributed by atoms with Gasteiger partial charge in [-0.2, -0.15) is 0 Å². The Bertz CT molecular complexity index is 1530. The molecule has 0 bridgehead atoms. The summed E-state index contributed by atoms with van der Waals surface area (Å²) in [5.74, 6) is -0.856. The van der Waals surface area contributed by atoms with Crippen molar-refractivity contribution in [3.05, 3.63) is 75.8 Å². The highest BCUT2D eigenvalue weighted by Gasteiger charge is 2.64. The van der Waals surface area contributed by atoms with Crippen LogP contribution in [-0.2, 0) is 20.8 Å². The lowest BCUT2D eigenvalue weighted by atomic mass is 9.57. The van der Waals surface area contributed by atoms with E-state index in [2.05, 4.69) is 16.8 Å². The van der Waals surface area contributed by atoms with Gasteiger partial charge in [-0.1, -0.05) is 11.8 Å². The summed E-state index contributed by atoms with van der Waals surface area (Å²) >= 11 is 0. The highest BCUT2D eigenvalue weighted by atomic mass is 16.3. The van der Waals surface area contributed by atoms with Crippen molar-refractivity contribution in [1.29, 1.82) is 0 Å². The molecule has 0 aliphatic heterocycles. The Kier molecular flexibility index (Phi) is 5.86. The van der Waals surface area contributed by atoms with Crippen molar-refractivity contribution >= 4 is 23.2 Å². The fourth-order valence-electron chi connectivity index (χ4n) is 5.94. The molecule has 1 saturated carbocycles. The number of primary amides is 1. The van der Waals surface area contributed by atoms with Crippen LogP contribution in [-0.4, -0.2) is 73.5 Å². The SMILES string of the molecule is CN(C)[C@H]1C(=O)C(C(N)=O)=C(O)[C@@]2(O)C(=O)C3=C(O)c4c(O)ccc(C#Cc5cccnc5)c4C[C@@H]3C[C@H]12. The zero-order chi connectivity index (χ0) is 27.5. The molecule has 10 heteroatoms. The van der Waals surface area contributed by atoms with Gasteiger partial charge >= 0.3 is 0 Å². The van der Waals surface area contributed by atoms with Crippen LogP contribution in [0.1, 0.15) is 28.7 Å². The Balaban J connectivity index is 1.69. The predicted molar refractivity (Wildman–Crippen MR) is 134 cm³/mol. The van der Waals surface area contributed by atoms with Crippen LogP contribution in [0.15, 0.2) is 53.6 Å². The second-order valence-corrected chi connectivity index (χ2v) is 9.94. The predicted octanol–water partition coefficient (Wildman–Crippen LogP) is 0.759. The number of hydrogen-bond donors (Lipinski definition) is 5. The van der Waals surface area contributed by atoms with Gasteiger partial charge in [0.15, 0.2) is 11.4 Å². The van der Waals surface area contributed by atoms with E-state index < -0.39 is 58.0 Å². The van der Waals surface area contributed by atoms with E-state index in [-0.39, 0.29) is 29.7 Å². The second-order valence-electron chi connectivity index (χ2n) is 9.94.